The van der Waals surface area contributed by atoms with E-state index in [1.807, 2.05) is 0 Å². The van der Waals surface area contributed by atoms with Crippen molar-refractivity contribution in [2.24, 2.45) is 23.2 Å². The minimum atomic E-state index is -0.114. The van der Waals surface area contributed by atoms with E-state index in [2.05, 4.69) is 6.92 Å². The molecule has 0 aromatic heterocycles. The average molecular weight is 170 g/mol. The van der Waals surface area contributed by atoms with E-state index in [-0.39, 0.29) is 18.6 Å². The normalized spacial score (nSPS) is 43.8. The highest BCUT2D eigenvalue weighted by Gasteiger charge is 2.52. The Morgan fingerprint density at radius 2 is 1.92 bits per heavy atom. The molecule has 0 amide bonds. The van der Waals surface area contributed by atoms with Crippen molar-refractivity contribution in [2.75, 3.05) is 13.2 Å². The highest BCUT2D eigenvalue weighted by Crippen LogP contribution is 2.57. The van der Waals surface area contributed by atoms with Crippen LogP contribution in [0.2, 0.25) is 0 Å². The van der Waals surface area contributed by atoms with Gasteiger partial charge in [-0.2, -0.15) is 0 Å². The Labute approximate surface area is 73.6 Å². The molecule has 0 saturated heterocycles. The van der Waals surface area contributed by atoms with Gasteiger partial charge in [0.1, 0.15) is 0 Å². The van der Waals surface area contributed by atoms with Gasteiger partial charge in [-0.15, -0.1) is 0 Å². The van der Waals surface area contributed by atoms with Gasteiger partial charge in [-0.25, -0.2) is 0 Å². The zero-order valence-electron chi connectivity index (χ0n) is 7.66. The Hall–Kier alpha value is -0.0800. The minimum absolute atomic E-state index is 0.114. The fourth-order valence-corrected chi connectivity index (χ4v) is 3.25. The van der Waals surface area contributed by atoms with Crippen molar-refractivity contribution >= 4 is 0 Å². The van der Waals surface area contributed by atoms with Crippen molar-refractivity contribution in [1.82, 2.24) is 0 Å². The summed E-state index contributed by atoms with van der Waals surface area (Å²) in [5.74, 6) is 2.18. The Balaban J connectivity index is 2.14. The predicted molar refractivity (Wildman–Crippen MR) is 46.6 cm³/mol. The third-order valence-corrected chi connectivity index (χ3v) is 4.21. The molecule has 0 spiro atoms. The highest BCUT2D eigenvalue weighted by molar-refractivity contribution is 5.02. The molecule has 0 aromatic rings. The lowest BCUT2D eigenvalue weighted by atomic mass is 9.71. The third-order valence-electron chi connectivity index (χ3n) is 4.21. The van der Waals surface area contributed by atoms with E-state index in [9.17, 15) is 10.2 Å². The molecule has 12 heavy (non-hydrogen) atoms. The monoisotopic (exact) mass is 170 g/mol. The highest BCUT2D eigenvalue weighted by atomic mass is 16.3. The summed E-state index contributed by atoms with van der Waals surface area (Å²) in [4.78, 5) is 0. The van der Waals surface area contributed by atoms with E-state index in [1.54, 1.807) is 0 Å². The number of rotatable bonds is 2. The van der Waals surface area contributed by atoms with Crippen LogP contribution < -0.4 is 0 Å². The van der Waals surface area contributed by atoms with Crippen LogP contribution in [-0.4, -0.2) is 23.4 Å². The van der Waals surface area contributed by atoms with Gasteiger partial charge in [0, 0.05) is 5.41 Å². The van der Waals surface area contributed by atoms with E-state index < -0.39 is 0 Å². The van der Waals surface area contributed by atoms with Crippen LogP contribution >= 0.6 is 0 Å². The first-order valence-electron chi connectivity index (χ1n) is 4.93. The van der Waals surface area contributed by atoms with E-state index in [4.69, 9.17) is 0 Å². The molecule has 2 saturated carbocycles. The van der Waals surface area contributed by atoms with Gasteiger partial charge < -0.3 is 10.2 Å². The second-order valence-electron chi connectivity index (χ2n) is 4.79. The van der Waals surface area contributed by atoms with Crippen LogP contribution in [0.1, 0.15) is 26.2 Å². The molecule has 2 nitrogen and oxygen atoms in total. The summed E-state index contributed by atoms with van der Waals surface area (Å²) in [6.45, 7) is 2.65. The first-order chi connectivity index (χ1) is 5.72. The van der Waals surface area contributed by atoms with Gasteiger partial charge >= 0.3 is 0 Å². The zero-order chi connectivity index (χ0) is 8.77. The van der Waals surface area contributed by atoms with Crippen molar-refractivity contribution in [3.63, 3.8) is 0 Å². The molecule has 2 rings (SSSR count). The summed E-state index contributed by atoms with van der Waals surface area (Å²) < 4.78 is 0. The Bertz CT molecular complexity index is 173. The standard InChI is InChI=1S/C10H18O2/c1-7-2-9-3-8(7)4-10(9,5-11)6-12/h7-9,11-12H,2-6H2,1H3/t7-,8+,9-/m1/s1. The van der Waals surface area contributed by atoms with Crippen LogP contribution in [0.15, 0.2) is 0 Å². The van der Waals surface area contributed by atoms with Gasteiger partial charge in [0.15, 0.2) is 0 Å². The molecule has 0 aliphatic heterocycles. The van der Waals surface area contributed by atoms with Crippen molar-refractivity contribution < 1.29 is 10.2 Å². The SMILES string of the molecule is C[C@@H]1C[C@@H]2C[C@H]1CC2(CO)CO. The molecule has 2 aliphatic rings. The largest absolute Gasteiger partial charge is 0.396 e. The lowest BCUT2D eigenvalue weighted by Gasteiger charge is -2.36. The number of aliphatic hydroxyl groups excluding tert-OH is 2. The molecular formula is C10H18O2. The Morgan fingerprint density at radius 3 is 2.25 bits per heavy atom. The fraction of sp³-hybridized carbons (Fsp3) is 1.00. The van der Waals surface area contributed by atoms with Crippen molar-refractivity contribution in [3.8, 4) is 0 Å². The number of aliphatic hydroxyl groups is 2. The lowest BCUT2D eigenvalue weighted by molar-refractivity contribution is -0.000183. The molecule has 70 valence electrons. The maximum Gasteiger partial charge on any atom is 0.0512 e. The summed E-state index contributed by atoms with van der Waals surface area (Å²) in [5.41, 5.74) is -0.114. The smallest absolute Gasteiger partial charge is 0.0512 e. The van der Waals surface area contributed by atoms with Crippen LogP contribution in [0.5, 0.6) is 0 Å². The molecular weight excluding hydrogens is 152 g/mol. The molecule has 0 aromatic carbocycles. The summed E-state index contributed by atoms with van der Waals surface area (Å²) in [6, 6.07) is 0. The first kappa shape index (κ1) is 8.52. The van der Waals surface area contributed by atoms with Crippen molar-refractivity contribution in [1.29, 1.82) is 0 Å². The second-order valence-corrected chi connectivity index (χ2v) is 4.79. The van der Waals surface area contributed by atoms with Crippen LogP contribution in [0, 0.1) is 23.2 Å². The number of hydrogen-bond donors (Lipinski definition) is 2. The lowest BCUT2D eigenvalue weighted by Crippen LogP contribution is -2.37. The number of fused-ring (bicyclic) bond motifs is 2. The molecule has 0 radical (unpaired) electrons. The maximum absolute atomic E-state index is 9.26. The van der Waals surface area contributed by atoms with Gasteiger partial charge in [0.05, 0.1) is 13.2 Å². The molecule has 2 N–H and O–H groups in total. The topological polar surface area (TPSA) is 40.5 Å². The molecule has 2 bridgehead atoms. The molecule has 0 unspecified atom stereocenters. The van der Waals surface area contributed by atoms with Crippen LogP contribution in [0.4, 0.5) is 0 Å². The van der Waals surface area contributed by atoms with Crippen LogP contribution in [-0.2, 0) is 0 Å². The van der Waals surface area contributed by atoms with E-state index in [0.717, 1.165) is 18.3 Å². The molecule has 2 heteroatoms. The Kier molecular flexibility index (Phi) is 1.92. The average Bonchev–Trinajstić information content (AvgIpc) is 2.60. The molecule has 0 heterocycles. The predicted octanol–water partition coefficient (Wildman–Crippen LogP) is 1.02. The van der Waals surface area contributed by atoms with Gasteiger partial charge in [-0.1, -0.05) is 6.92 Å². The second kappa shape index (κ2) is 2.71. The third kappa shape index (κ3) is 0.944. The summed E-state index contributed by atoms with van der Waals surface area (Å²) in [6.07, 6.45) is 3.50. The maximum atomic E-state index is 9.26. The number of hydrogen-bond acceptors (Lipinski definition) is 2. The van der Waals surface area contributed by atoms with Gasteiger partial charge in [0.25, 0.3) is 0 Å². The Morgan fingerprint density at radius 1 is 1.25 bits per heavy atom. The summed E-state index contributed by atoms with van der Waals surface area (Å²) in [7, 11) is 0. The quantitative estimate of drug-likeness (QED) is 0.649. The minimum Gasteiger partial charge on any atom is -0.396 e. The molecule has 2 aliphatic carbocycles. The molecule has 2 fully saturated rings. The zero-order valence-corrected chi connectivity index (χ0v) is 7.66. The van der Waals surface area contributed by atoms with Gasteiger partial charge in [0.2, 0.25) is 0 Å². The fourth-order valence-electron chi connectivity index (χ4n) is 3.25. The summed E-state index contributed by atoms with van der Waals surface area (Å²) in [5, 5.41) is 18.5. The van der Waals surface area contributed by atoms with Gasteiger partial charge in [-0.05, 0) is 37.0 Å². The van der Waals surface area contributed by atoms with Gasteiger partial charge in [-0.3, -0.25) is 0 Å². The van der Waals surface area contributed by atoms with Crippen molar-refractivity contribution in [2.45, 2.75) is 26.2 Å². The van der Waals surface area contributed by atoms with Crippen LogP contribution in [0.25, 0.3) is 0 Å². The molecule has 3 atom stereocenters. The van der Waals surface area contributed by atoms with E-state index >= 15 is 0 Å². The van der Waals surface area contributed by atoms with E-state index in [0.29, 0.717) is 5.92 Å². The van der Waals surface area contributed by atoms with Crippen LogP contribution in [0.3, 0.4) is 0 Å². The van der Waals surface area contributed by atoms with E-state index in [1.165, 1.54) is 12.8 Å². The van der Waals surface area contributed by atoms with Crippen molar-refractivity contribution in [3.05, 3.63) is 0 Å². The summed E-state index contributed by atoms with van der Waals surface area (Å²) >= 11 is 0. The first-order valence-corrected chi connectivity index (χ1v) is 4.93.